The van der Waals surface area contributed by atoms with Crippen molar-refractivity contribution in [3.8, 4) is 0 Å². The van der Waals surface area contributed by atoms with Crippen LogP contribution >= 0.6 is 0 Å². The van der Waals surface area contributed by atoms with E-state index in [1.165, 1.54) is 9.21 Å². The molecule has 1 aromatic carbocycles. The van der Waals surface area contributed by atoms with Crippen LogP contribution in [-0.4, -0.2) is 74.7 Å². The zero-order valence-corrected chi connectivity index (χ0v) is 16.4. The molecule has 150 valence electrons. The maximum Gasteiger partial charge on any atom is 0.409 e. The van der Waals surface area contributed by atoms with Gasteiger partial charge in [-0.1, -0.05) is 30.3 Å². The minimum atomic E-state index is -3.47. The van der Waals surface area contributed by atoms with Crippen molar-refractivity contribution in [2.75, 3.05) is 45.1 Å². The van der Waals surface area contributed by atoms with Crippen molar-refractivity contribution in [1.82, 2.24) is 14.5 Å². The second kappa shape index (κ2) is 10.3. The van der Waals surface area contributed by atoms with Crippen LogP contribution in [0.25, 0.3) is 0 Å². The molecule has 1 aromatic rings. The molecule has 0 aromatic heterocycles. The van der Waals surface area contributed by atoms with Gasteiger partial charge >= 0.3 is 6.09 Å². The highest BCUT2D eigenvalue weighted by atomic mass is 32.2. The van der Waals surface area contributed by atoms with Crippen molar-refractivity contribution < 1.29 is 22.7 Å². The number of piperazine rings is 1. The van der Waals surface area contributed by atoms with Gasteiger partial charge in [0, 0.05) is 39.1 Å². The molecule has 0 saturated carbocycles. The average molecular weight is 397 g/mol. The largest absolute Gasteiger partial charge is 0.450 e. The van der Waals surface area contributed by atoms with Gasteiger partial charge in [0.2, 0.25) is 15.9 Å². The van der Waals surface area contributed by atoms with Crippen LogP contribution in [0.2, 0.25) is 0 Å². The zero-order chi connectivity index (χ0) is 19.7. The zero-order valence-electron chi connectivity index (χ0n) is 15.6. The lowest BCUT2D eigenvalue weighted by atomic mass is 10.1. The third-order valence-electron chi connectivity index (χ3n) is 4.32. The quantitative estimate of drug-likeness (QED) is 0.701. The summed E-state index contributed by atoms with van der Waals surface area (Å²) in [7, 11) is -3.47. The summed E-state index contributed by atoms with van der Waals surface area (Å²) in [6.45, 7) is 3.19. The molecular weight excluding hydrogens is 370 g/mol. The summed E-state index contributed by atoms with van der Waals surface area (Å²) < 4.78 is 31.1. The molecule has 0 atom stereocenters. The SMILES string of the molecule is CCOC(=O)N1CCN(S(=O)(=O)CCNC(=O)CCc2ccccc2)CC1. The summed E-state index contributed by atoms with van der Waals surface area (Å²) in [5.74, 6) is -0.315. The summed E-state index contributed by atoms with van der Waals surface area (Å²) in [6, 6.07) is 9.66. The lowest BCUT2D eigenvalue weighted by Crippen LogP contribution is -2.51. The standard InChI is InChI=1S/C18H27N3O5S/c1-2-26-18(23)20-11-13-21(14-12-20)27(24,25)15-10-19-17(22)9-8-16-6-4-3-5-7-16/h3-7H,2,8-15H2,1H3,(H,19,22). The van der Waals surface area contributed by atoms with Gasteiger partial charge in [0.05, 0.1) is 12.4 Å². The van der Waals surface area contributed by atoms with Crippen LogP contribution < -0.4 is 5.32 Å². The lowest BCUT2D eigenvalue weighted by Gasteiger charge is -2.33. The van der Waals surface area contributed by atoms with Gasteiger partial charge in [-0.2, -0.15) is 4.31 Å². The first kappa shape index (κ1) is 21.2. The van der Waals surface area contributed by atoms with Crippen LogP contribution in [-0.2, 0) is 26.0 Å². The number of sulfonamides is 1. The van der Waals surface area contributed by atoms with Gasteiger partial charge in [0.25, 0.3) is 0 Å². The summed E-state index contributed by atoms with van der Waals surface area (Å²) in [6.07, 6.45) is 0.526. The summed E-state index contributed by atoms with van der Waals surface area (Å²) in [5.41, 5.74) is 1.07. The van der Waals surface area contributed by atoms with Crippen LogP contribution in [0.3, 0.4) is 0 Å². The smallest absolute Gasteiger partial charge is 0.409 e. The monoisotopic (exact) mass is 397 g/mol. The lowest BCUT2D eigenvalue weighted by molar-refractivity contribution is -0.120. The fraction of sp³-hybridized carbons (Fsp3) is 0.556. The number of carbonyl (C=O) groups is 2. The summed E-state index contributed by atoms with van der Waals surface area (Å²) in [5, 5.41) is 2.66. The van der Waals surface area contributed by atoms with Gasteiger partial charge in [0.1, 0.15) is 0 Å². The molecule has 0 unspecified atom stereocenters. The number of ether oxygens (including phenoxy) is 1. The van der Waals surface area contributed by atoms with E-state index in [2.05, 4.69) is 5.32 Å². The molecule has 1 fully saturated rings. The van der Waals surface area contributed by atoms with Gasteiger partial charge in [-0.25, -0.2) is 13.2 Å². The second-order valence-corrected chi connectivity index (χ2v) is 8.33. The molecule has 2 amide bonds. The van der Waals surface area contributed by atoms with E-state index in [9.17, 15) is 18.0 Å². The predicted octanol–water partition coefficient (Wildman–Crippen LogP) is 0.839. The van der Waals surface area contributed by atoms with E-state index in [4.69, 9.17) is 4.74 Å². The highest BCUT2D eigenvalue weighted by molar-refractivity contribution is 7.89. The van der Waals surface area contributed by atoms with Crippen molar-refractivity contribution in [3.05, 3.63) is 35.9 Å². The van der Waals surface area contributed by atoms with Gasteiger partial charge in [-0.3, -0.25) is 4.79 Å². The highest BCUT2D eigenvalue weighted by Gasteiger charge is 2.29. The van der Waals surface area contributed by atoms with Crippen molar-refractivity contribution in [2.45, 2.75) is 19.8 Å². The Kier molecular flexibility index (Phi) is 8.05. The molecule has 0 bridgehead atoms. The minimum absolute atomic E-state index is 0.0774. The molecule has 1 heterocycles. The van der Waals surface area contributed by atoms with Crippen molar-refractivity contribution in [1.29, 1.82) is 0 Å². The van der Waals surface area contributed by atoms with Gasteiger partial charge in [0.15, 0.2) is 0 Å². The van der Waals surface area contributed by atoms with Crippen LogP contribution in [0.5, 0.6) is 0 Å². The van der Waals surface area contributed by atoms with Crippen molar-refractivity contribution in [3.63, 3.8) is 0 Å². The van der Waals surface area contributed by atoms with E-state index in [-0.39, 0.29) is 31.3 Å². The van der Waals surface area contributed by atoms with E-state index in [0.29, 0.717) is 32.5 Å². The number of aryl methyl sites for hydroxylation is 1. The number of nitrogens with zero attached hydrogens (tertiary/aromatic N) is 2. The maximum absolute atomic E-state index is 12.4. The van der Waals surface area contributed by atoms with Gasteiger partial charge in [-0.05, 0) is 18.9 Å². The first-order valence-corrected chi connectivity index (χ1v) is 10.7. The maximum atomic E-state index is 12.4. The molecule has 0 radical (unpaired) electrons. The minimum Gasteiger partial charge on any atom is -0.450 e. The van der Waals surface area contributed by atoms with E-state index >= 15 is 0 Å². The molecule has 2 rings (SSSR count). The molecule has 0 aliphatic carbocycles. The van der Waals surface area contributed by atoms with E-state index < -0.39 is 16.1 Å². The molecule has 9 heteroatoms. The molecule has 1 N–H and O–H groups in total. The molecule has 1 aliphatic rings. The third kappa shape index (κ3) is 6.84. The second-order valence-electron chi connectivity index (χ2n) is 6.24. The number of rotatable bonds is 8. The molecule has 8 nitrogen and oxygen atoms in total. The van der Waals surface area contributed by atoms with Crippen molar-refractivity contribution >= 4 is 22.0 Å². The van der Waals surface area contributed by atoms with E-state index in [1.807, 2.05) is 30.3 Å². The number of hydrogen-bond donors (Lipinski definition) is 1. The van der Waals surface area contributed by atoms with Crippen LogP contribution in [0.1, 0.15) is 18.9 Å². The first-order chi connectivity index (χ1) is 12.9. The number of nitrogens with one attached hydrogen (secondary N) is 1. The molecule has 1 saturated heterocycles. The Hall–Kier alpha value is -2.13. The summed E-state index contributed by atoms with van der Waals surface area (Å²) in [4.78, 5) is 25.0. The first-order valence-electron chi connectivity index (χ1n) is 9.12. The Bertz CT molecular complexity index is 716. The Morgan fingerprint density at radius 2 is 1.78 bits per heavy atom. The molecule has 27 heavy (non-hydrogen) atoms. The van der Waals surface area contributed by atoms with Crippen LogP contribution in [0, 0.1) is 0 Å². The summed E-state index contributed by atoms with van der Waals surface area (Å²) >= 11 is 0. The average Bonchev–Trinajstić information content (AvgIpc) is 2.67. The molecule has 0 spiro atoms. The number of carbonyl (C=O) groups excluding carboxylic acids is 2. The number of amides is 2. The van der Waals surface area contributed by atoms with Crippen LogP contribution in [0.15, 0.2) is 30.3 Å². The fourth-order valence-corrected chi connectivity index (χ4v) is 4.14. The van der Waals surface area contributed by atoms with Crippen LogP contribution in [0.4, 0.5) is 4.79 Å². The molecular formula is C18H27N3O5S. The highest BCUT2D eigenvalue weighted by Crippen LogP contribution is 2.09. The van der Waals surface area contributed by atoms with E-state index in [0.717, 1.165) is 5.56 Å². The fourth-order valence-electron chi connectivity index (χ4n) is 2.80. The molecule has 1 aliphatic heterocycles. The Morgan fingerprint density at radius 3 is 2.41 bits per heavy atom. The van der Waals surface area contributed by atoms with Gasteiger partial charge < -0.3 is 15.0 Å². The Balaban J connectivity index is 1.69. The van der Waals surface area contributed by atoms with Gasteiger partial charge in [-0.15, -0.1) is 0 Å². The number of hydrogen-bond acceptors (Lipinski definition) is 5. The van der Waals surface area contributed by atoms with Crippen molar-refractivity contribution in [2.24, 2.45) is 0 Å². The predicted molar refractivity (Wildman–Crippen MR) is 102 cm³/mol. The topological polar surface area (TPSA) is 96.0 Å². The Morgan fingerprint density at radius 1 is 1.11 bits per heavy atom. The Labute approximate surface area is 160 Å². The van der Waals surface area contributed by atoms with E-state index in [1.54, 1.807) is 6.92 Å². The number of benzene rings is 1. The normalized spacial score (nSPS) is 15.4. The third-order valence-corrected chi connectivity index (χ3v) is 6.20.